The Morgan fingerprint density at radius 3 is 2.24 bits per heavy atom. The Morgan fingerprint density at radius 1 is 1.05 bits per heavy atom. The summed E-state index contributed by atoms with van der Waals surface area (Å²) in [6.07, 6.45) is 0.452. The van der Waals surface area contributed by atoms with Crippen molar-refractivity contribution in [1.82, 2.24) is 10.6 Å². The van der Waals surface area contributed by atoms with Gasteiger partial charge in [0, 0.05) is 25.1 Å². The lowest BCUT2D eigenvalue weighted by molar-refractivity contribution is -0.122. The van der Waals surface area contributed by atoms with Crippen molar-refractivity contribution in [2.75, 3.05) is 13.1 Å². The maximum Gasteiger partial charge on any atom is 0.251 e. The van der Waals surface area contributed by atoms with Crippen LogP contribution in [0.2, 0.25) is 10.0 Å². The van der Waals surface area contributed by atoms with Crippen LogP contribution in [0, 0.1) is 5.41 Å². The predicted molar refractivity (Wildman–Crippen MR) is 85.9 cm³/mol. The van der Waals surface area contributed by atoms with Crippen molar-refractivity contribution in [3.05, 3.63) is 33.8 Å². The van der Waals surface area contributed by atoms with Gasteiger partial charge in [0.1, 0.15) is 0 Å². The van der Waals surface area contributed by atoms with Gasteiger partial charge in [0.2, 0.25) is 5.91 Å². The number of hydrogen-bond acceptors (Lipinski definition) is 2. The number of hydrogen-bond donors (Lipinski definition) is 2. The van der Waals surface area contributed by atoms with E-state index in [2.05, 4.69) is 10.6 Å². The van der Waals surface area contributed by atoms with Gasteiger partial charge in [0.15, 0.2) is 0 Å². The third-order valence-corrected chi connectivity index (χ3v) is 3.34. The number of amides is 2. The number of rotatable bonds is 5. The second-order valence-corrected chi connectivity index (χ2v) is 6.79. The van der Waals surface area contributed by atoms with E-state index in [1.54, 1.807) is 12.1 Å². The van der Waals surface area contributed by atoms with Crippen LogP contribution >= 0.6 is 23.2 Å². The van der Waals surface area contributed by atoms with Crippen molar-refractivity contribution in [2.45, 2.75) is 27.2 Å². The number of benzene rings is 1. The molecule has 116 valence electrons. The standard InChI is InChI=1S/C15H20Cl2N2O2/c1-15(2,3)9-13(20)18-6-7-19-14(21)10-4-5-11(16)12(17)8-10/h4-5,8H,6-7,9H2,1-3H3,(H,18,20)(H,19,21). The average molecular weight is 331 g/mol. The second kappa shape index (κ2) is 7.66. The van der Waals surface area contributed by atoms with Crippen LogP contribution in [0.5, 0.6) is 0 Å². The van der Waals surface area contributed by atoms with E-state index in [-0.39, 0.29) is 17.2 Å². The zero-order valence-electron chi connectivity index (χ0n) is 12.4. The summed E-state index contributed by atoms with van der Waals surface area (Å²) in [5, 5.41) is 6.22. The largest absolute Gasteiger partial charge is 0.354 e. The van der Waals surface area contributed by atoms with E-state index < -0.39 is 0 Å². The van der Waals surface area contributed by atoms with Crippen molar-refractivity contribution >= 4 is 35.0 Å². The fraction of sp³-hybridized carbons (Fsp3) is 0.467. The molecule has 0 aliphatic rings. The number of carbonyl (C=O) groups excluding carboxylic acids is 2. The highest BCUT2D eigenvalue weighted by molar-refractivity contribution is 6.42. The zero-order valence-corrected chi connectivity index (χ0v) is 13.9. The molecule has 0 atom stereocenters. The van der Waals surface area contributed by atoms with Crippen molar-refractivity contribution in [3.8, 4) is 0 Å². The average Bonchev–Trinajstić information content (AvgIpc) is 2.35. The monoisotopic (exact) mass is 330 g/mol. The fourth-order valence-electron chi connectivity index (χ4n) is 1.66. The molecule has 0 spiro atoms. The van der Waals surface area contributed by atoms with Gasteiger partial charge in [-0.1, -0.05) is 44.0 Å². The predicted octanol–water partition coefficient (Wildman–Crippen LogP) is 3.28. The van der Waals surface area contributed by atoms with Crippen LogP contribution in [0.15, 0.2) is 18.2 Å². The minimum atomic E-state index is -0.251. The minimum Gasteiger partial charge on any atom is -0.354 e. The van der Waals surface area contributed by atoms with Gasteiger partial charge in [-0.25, -0.2) is 0 Å². The molecular weight excluding hydrogens is 311 g/mol. The molecule has 1 aromatic rings. The quantitative estimate of drug-likeness (QED) is 0.814. The topological polar surface area (TPSA) is 58.2 Å². The normalized spacial score (nSPS) is 11.1. The molecule has 0 saturated carbocycles. The first kappa shape index (κ1) is 17.8. The van der Waals surface area contributed by atoms with Gasteiger partial charge >= 0.3 is 0 Å². The second-order valence-electron chi connectivity index (χ2n) is 5.97. The van der Waals surface area contributed by atoms with E-state index in [1.165, 1.54) is 6.07 Å². The fourth-order valence-corrected chi connectivity index (χ4v) is 1.96. The van der Waals surface area contributed by atoms with Gasteiger partial charge in [-0.05, 0) is 23.6 Å². The smallest absolute Gasteiger partial charge is 0.251 e. The summed E-state index contributed by atoms with van der Waals surface area (Å²) in [7, 11) is 0. The van der Waals surface area contributed by atoms with E-state index in [0.717, 1.165) is 0 Å². The lowest BCUT2D eigenvalue weighted by Crippen LogP contribution is -2.35. The summed E-state index contributed by atoms with van der Waals surface area (Å²) in [5.74, 6) is -0.273. The molecule has 0 fully saturated rings. The van der Waals surface area contributed by atoms with E-state index in [1.807, 2.05) is 20.8 Å². The molecule has 0 saturated heterocycles. The molecule has 2 N–H and O–H groups in total. The summed E-state index contributed by atoms with van der Waals surface area (Å²) in [5.41, 5.74) is 0.387. The molecular formula is C15H20Cl2N2O2. The maximum atomic E-state index is 11.9. The molecule has 6 heteroatoms. The van der Waals surface area contributed by atoms with Crippen molar-refractivity contribution in [2.24, 2.45) is 5.41 Å². The van der Waals surface area contributed by atoms with E-state index in [0.29, 0.717) is 35.1 Å². The molecule has 1 aromatic carbocycles. The Kier molecular flexibility index (Phi) is 6.49. The maximum absolute atomic E-state index is 11.9. The minimum absolute atomic E-state index is 0.0220. The summed E-state index contributed by atoms with van der Waals surface area (Å²) in [6, 6.07) is 4.68. The lowest BCUT2D eigenvalue weighted by Gasteiger charge is -2.17. The Labute approximate surface area is 135 Å². The van der Waals surface area contributed by atoms with Gasteiger partial charge in [0.05, 0.1) is 10.0 Å². The number of halogens is 2. The van der Waals surface area contributed by atoms with Crippen molar-refractivity contribution in [3.63, 3.8) is 0 Å². The van der Waals surface area contributed by atoms with Gasteiger partial charge < -0.3 is 10.6 Å². The van der Waals surface area contributed by atoms with E-state index >= 15 is 0 Å². The molecule has 0 unspecified atom stereocenters. The molecule has 2 amide bonds. The van der Waals surface area contributed by atoms with Gasteiger partial charge in [-0.2, -0.15) is 0 Å². The highest BCUT2D eigenvalue weighted by Gasteiger charge is 2.15. The van der Waals surface area contributed by atoms with Gasteiger partial charge in [-0.15, -0.1) is 0 Å². The molecule has 4 nitrogen and oxygen atoms in total. The van der Waals surface area contributed by atoms with Gasteiger partial charge in [-0.3, -0.25) is 9.59 Å². The third kappa shape index (κ3) is 6.82. The van der Waals surface area contributed by atoms with Crippen LogP contribution in [-0.2, 0) is 4.79 Å². The van der Waals surface area contributed by atoms with Crippen LogP contribution in [0.3, 0.4) is 0 Å². The van der Waals surface area contributed by atoms with Crippen LogP contribution in [0.1, 0.15) is 37.6 Å². The van der Waals surface area contributed by atoms with Gasteiger partial charge in [0.25, 0.3) is 5.91 Å². The molecule has 0 aliphatic carbocycles. The van der Waals surface area contributed by atoms with Crippen molar-refractivity contribution < 1.29 is 9.59 Å². The first-order valence-corrected chi connectivity index (χ1v) is 7.44. The SMILES string of the molecule is CC(C)(C)CC(=O)NCCNC(=O)c1ccc(Cl)c(Cl)c1. The number of nitrogens with one attached hydrogen (secondary N) is 2. The molecule has 0 aliphatic heterocycles. The molecule has 1 rings (SSSR count). The Balaban J connectivity index is 2.34. The Morgan fingerprint density at radius 2 is 1.67 bits per heavy atom. The zero-order chi connectivity index (χ0) is 16.0. The first-order chi connectivity index (χ1) is 9.69. The molecule has 0 radical (unpaired) electrons. The summed E-state index contributed by atoms with van der Waals surface area (Å²) < 4.78 is 0. The van der Waals surface area contributed by atoms with Crippen molar-refractivity contribution in [1.29, 1.82) is 0 Å². The van der Waals surface area contributed by atoms with Crippen LogP contribution < -0.4 is 10.6 Å². The van der Waals surface area contributed by atoms with Crippen LogP contribution in [0.25, 0.3) is 0 Å². The summed E-state index contributed by atoms with van der Waals surface area (Å²) >= 11 is 11.6. The Bertz CT molecular complexity index is 525. The van der Waals surface area contributed by atoms with E-state index in [9.17, 15) is 9.59 Å². The summed E-state index contributed by atoms with van der Waals surface area (Å²) in [4.78, 5) is 23.5. The molecule has 21 heavy (non-hydrogen) atoms. The lowest BCUT2D eigenvalue weighted by atomic mass is 9.92. The summed E-state index contributed by atoms with van der Waals surface area (Å²) in [6.45, 7) is 6.74. The highest BCUT2D eigenvalue weighted by Crippen LogP contribution is 2.22. The Hall–Kier alpha value is -1.26. The van der Waals surface area contributed by atoms with Crippen LogP contribution in [-0.4, -0.2) is 24.9 Å². The number of carbonyl (C=O) groups is 2. The molecule has 0 aromatic heterocycles. The molecule has 0 heterocycles. The highest BCUT2D eigenvalue weighted by atomic mass is 35.5. The molecule has 0 bridgehead atoms. The van der Waals surface area contributed by atoms with Crippen LogP contribution in [0.4, 0.5) is 0 Å². The first-order valence-electron chi connectivity index (χ1n) is 6.69. The third-order valence-electron chi connectivity index (χ3n) is 2.61. The van der Waals surface area contributed by atoms with E-state index in [4.69, 9.17) is 23.2 Å².